The molecule has 5 rings (SSSR count). The van der Waals surface area contributed by atoms with Crippen molar-refractivity contribution in [3.63, 3.8) is 0 Å². The summed E-state index contributed by atoms with van der Waals surface area (Å²) < 4.78 is 28.4. The van der Waals surface area contributed by atoms with E-state index in [4.69, 9.17) is 0 Å². The molecule has 0 radical (unpaired) electrons. The van der Waals surface area contributed by atoms with Crippen LogP contribution in [-0.4, -0.2) is 35.4 Å². The molecule has 6 nitrogen and oxygen atoms in total. The number of nitrogens with zero attached hydrogens (tertiary/aromatic N) is 2. The highest BCUT2D eigenvalue weighted by atomic mass is 32.2. The van der Waals surface area contributed by atoms with Crippen LogP contribution < -0.4 is 0 Å². The summed E-state index contributed by atoms with van der Waals surface area (Å²) in [4.78, 5) is 28.4. The highest BCUT2D eigenvalue weighted by Gasteiger charge is 2.51. The lowest BCUT2D eigenvalue weighted by Gasteiger charge is -2.31. The van der Waals surface area contributed by atoms with Gasteiger partial charge in [0.05, 0.1) is 4.90 Å². The van der Waals surface area contributed by atoms with E-state index in [-0.39, 0.29) is 33.2 Å². The standard InChI is InChI=1S/C23H18N2O4S/c1-14-7-10-16(11-8-14)30(28,29)25-19-12-9-15(2)13-24(19)20-21(25)23(27)18-6-4-3-5-17(18)22(20)26/h3-13,19H,1-2H3/t19-/m0/s1. The summed E-state index contributed by atoms with van der Waals surface area (Å²) in [5.74, 6) is -0.823. The lowest BCUT2D eigenvalue weighted by Crippen LogP contribution is -2.42. The average molecular weight is 418 g/mol. The molecule has 0 unspecified atom stereocenters. The van der Waals surface area contributed by atoms with E-state index in [0.717, 1.165) is 15.4 Å². The molecule has 3 aliphatic rings. The summed E-state index contributed by atoms with van der Waals surface area (Å²) >= 11 is 0. The first-order valence-corrected chi connectivity index (χ1v) is 10.9. The molecular weight excluding hydrogens is 400 g/mol. The molecular formula is C23H18N2O4S. The third-order valence-electron chi connectivity index (χ3n) is 5.53. The molecule has 1 aliphatic carbocycles. The number of ketones is 2. The number of allylic oxidation sites excluding steroid dienone is 4. The van der Waals surface area contributed by atoms with E-state index in [1.807, 2.05) is 13.8 Å². The Kier molecular flexibility index (Phi) is 3.88. The maximum atomic E-state index is 13.6. The van der Waals surface area contributed by atoms with Gasteiger partial charge in [0.15, 0.2) is 0 Å². The van der Waals surface area contributed by atoms with Crippen LogP contribution in [0, 0.1) is 6.92 Å². The van der Waals surface area contributed by atoms with Gasteiger partial charge in [-0.25, -0.2) is 12.7 Å². The van der Waals surface area contributed by atoms with Crippen LogP contribution in [0.25, 0.3) is 0 Å². The van der Waals surface area contributed by atoms with Crippen LogP contribution in [0.15, 0.2) is 88.7 Å². The van der Waals surface area contributed by atoms with E-state index >= 15 is 0 Å². The highest BCUT2D eigenvalue weighted by molar-refractivity contribution is 7.89. The fourth-order valence-corrected chi connectivity index (χ4v) is 5.64. The van der Waals surface area contributed by atoms with Gasteiger partial charge >= 0.3 is 0 Å². The van der Waals surface area contributed by atoms with Crippen LogP contribution in [0.3, 0.4) is 0 Å². The van der Waals surface area contributed by atoms with Gasteiger partial charge in [-0.3, -0.25) is 9.59 Å². The molecule has 2 aromatic carbocycles. The molecule has 0 amide bonds. The third-order valence-corrected chi connectivity index (χ3v) is 7.31. The molecule has 2 aliphatic heterocycles. The van der Waals surface area contributed by atoms with Crippen molar-refractivity contribution in [3.05, 3.63) is 101 Å². The average Bonchev–Trinajstić information content (AvgIpc) is 3.08. The Bertz CT molecular complexity index is 1320. The number of benzene rings is 2. The van der Waals surface area contributed by atoms with Gasteiger partial charge in [0.2, 0.25) is 11.6 Å². The Balaban J connectivity index is 1.76. The van der Waals surface area contributed by atoms with Crippen molar-refractivity contribution in [2.75, 3.05) is 0 Å². The van der Waals surface area contributed by atoms with Crippen molar-refractivity contribution >= 4 is 21.6 Å². The Morgan fingerprint density at radius 3 is 2.07 bits per heavy atom. The zero-order valence-corrected chi connectivity index (χ0v) is 17.2. The number of Topliss-reactive ketones (excluding diaryl/α,β-unsaturated/α-hetero) is 2. The van der Waals surface area contributed by atoms with Crippen molar-refractivity contribution in [1.29, 1.82) is 0 Å². The van der Waals surface area contributed by atoms with Gasteiger partial charge in [-0.2, -0.15) is 0 Å². The highest BCUT2D eigenvalue weighted by Crippen LogP contribution is 2.43. The minimum atomic E-state index is -4.09. The number of carbonyl (C=O) groups excluding carboxylic acids is 2. The van der Waals surface area contributed by atoms with Gasteiger partial charge in [-0.15, -0.1) is 0 Å². The Hall–Kier alpha value is -3.45. The fourth-order valence-electron chi connectivity index (χ4n) is 4.07. The van der Waals surface area contributed by atoms with E-state index in [2.05, 4.69) is 0 Å². The summed E-state index contributed by atoms with van der Waals surface area (Å²) in [6.07, 6.45) is 4.39. The summed E-state index contributed by atoms with van der Waals surface area (Å²) in [6.45, 7) is 3.72. The number of carbonyl (C=O) groups is 2. The minimum Gasteiger partial charge on any atom is -0.317 e. The third kappa shape index (κ3) is 2.45. The summed E-state index contributed by atoms with van der Waals surface area (Å²) in [5, 5.41) is 0. The molecule has 0 aromatic heterocycles. The number of hydrogen-bond acceptors (Lipinski definition) is 5. The molecule has 2 heterocycles. The molecule has 2 aromatic rings. The number of aryl methyl sites for hydroxylation is 1. The van der Waals surface area contributed by atoms with Gasteiger partial charge in [-0.1, -0.05) is 48.0 Å². The van der Waals surface area contributed by atoms with Crippen molar-refractivity contribution < 1.29 is 18.0 Å². The second-order valence-corrected chi connectivity index (χ2v) is 9.38. The fraction of sp³-hybridized carbons (Fsp3) is 0.130. The van der Waals surface area contributed by atoms with E-state index in [1.54, 1.807) is 59.7 Å². The quantitative estimate of drug-likeness (QED) is 0.747. The lowest BCUT2D eigenvalue weighted by atomic mass is 9.90. The van der Waals surface area contributed by atoms with E-state index in [0.29, 0.717) is 0 Å². The number of fused-ring (bicyclic) bond motifs is 3. The predicted octanol–water partition coefficient (Wildman–Crippen LogP) is 3.39. The van der Waals surface area contributed by atoms with Gasteiger partial charge < -0.3 is 4.90 Å². The van der Waals surface area contributed by atoms with Crippen LogP contribution in [-0.2, 0) is 10.0 Å². The van der Waals surface area contributed by atoms with Crippen molar-refractivity contribution in [3.8, 4) is 0 Å². The minimum absolute atomic E-state index is 0.0700. The Morgan fingerprint density at radius 2 is 1.43 bits per heavy atom. The van der Waals surface area contributed by atoms with Gasteiger partial charge in [0.1, 0.15) is 17.6 Å². The SMILES string of the molecule is CC1=CN2C3=C(C(=O)c4ccccc4C3=O)N(S(=O)(=O)c3ccc(C)cc3)[C@H]2C=C1. The Labute approximate surface area is 174 Å². The molecule has 7 heteroatoms. The van der Waals surface area contributed by atoms with Gasteiger partial charge in [0.25, 0.3) is 10.0 Å². The van der Waals surface area contributed by atoms with E-state index in [1.165, 1.54) is 12.1 Å². The molecule has 30 heavy (non-hydrogen) atoms. The van der Waals surface area contributed by atoms with Crippen LogP contribution in [0.5, 0.6) is 0 Å². The second-order valence-electron chi connectivity index (χ2n) is 7.57. The van der Waals surface area contributed by atoms with Crippen LogP contribution in [0.1, 0.15) is 33.2 Å². The molecule has 0 fully saturated rings. The zero-order valence-electron chi connectivity index (χ0n) is 16.4. The van der Waals surface area contributed by atoms with Crippen LogP contribution in [0.2, 0.25) is 0 Å². The van der Waals surface area contributed by atoms with Crippen molar-refractivity contribution in [1.82, 2.24) is 9.21 Å². The Morgan fingerprint density at radius 1 is 0.833 bits per heavy atom. The zero-order chi connectivity index (χ0) is 21.2. The first kappa shape index (κ1) is 18.6. The molecule has 150 valence electrons. The molecule has 0 saturated heterocycles. The lowest BCUT2D eigenvalue weighted by molar-refractivity contribution is 0.0958. The molecule has 0 bridgehead atoms. The molecule has 0 spiro atoms. The maximum absolute atomic E-state index is 13.6. The first-order chi connectivity index (χ1) is 14.3. The van der Waals surface area contributed by atoms with Crippen LogP contribution in [0.4, 0.5) is 0 Å². The summed E-state index contributed by atoms with van der Waals surface area (Å²) in [6, 6.07) is 13.0. The monoisotopic (exact) mass is 418 g/mol. The number of rotatable bonds is 2. The smallest absolute Gasteiger partial charge is 0.266 e. The second kappa shape index (κ2) is 6.27. The number of hydrogen-bond donors (Lipinski definition) is 0. The van der Waals surface area contributed by atoms with Crippen molar-refractivity contribution in [2.24, 2.45) is 0 Å². The van der Waals surface area contributed by atoms with Gasteiger partial charge in [-0.05, 0) is 37.6 Å². The number of sulfonamides is 1. The first-order valence-electron chi connectivity index (χ1n) is 9.49. The van der Waals surface area contributed by atoms with Gasteiger partial charge in [0, 0.05) is 17.3 Å². The van der Waals surface area contributed by atoms with E-state index in [9.17, 15) is 18.0 Å². The predicted molar refractivity (Wildman–Crippen MR) is 111 cm³/mol. The largest absolute Gasteiger partial charge is 0.317 e. The maximum Gasteiger partial charge on any atom is 0.266 e. The topological polar surface area (TPSA) is 74.8 Å². The normalized spacial score (nSPS) is 20.2. The molecule has 0 saturated carbocycles. The van der Waals surface area contributed by atoms with Crippen LogP contribution >= 0.6 is 0 Å². The molecule has 1 atom stereocenters. The summed E-state index contributed by atoms with van der Waals surface area (Å²) in [7, 11) is -4.09. The summed E-state index contributed by atoms with van der Waals surface area (Å²) in [5.41, 5.74) is 2.28. The van der Waals surface area contributed by atoms with E-state index < -0.39 is 22.0 Å². The van der Waals surface area contributed by atoms with Crippen molar-refractivity contribution in [2.45, 2.75) is 24.9 Å². The molecule has 0 N–H and O–H groups in total.